The molecule has 0 aliphatic carbocycles. The predicted octanol–water partition coefficient (Wildman–Crippen LogP) is 2.17. The molecule has 0 radical (unpaired) electrons. The van der Waals surface area contributed by atoms with Gasteiger partial charge in [-0.2, -0.15) is 4.98 Å². The summed E-state index contributed by atoms with van der Waals surface area (Å²) in [6, 6.07) is 4.52. The van der Waals surface area contributed by atoms with Crippen molar-refractivity contribution in [2.45, 2.75) is 6.42 Å². The molecule has 0 aliphatic heterocycles. The minimum atomic E-state index is -0.466. The Morgan fingerprint density at radius 2 is 2.26 bits per heavy atom. The van der Waals surface area contributed by atoms with Crippen LogP contribution in [0.15, 0.2) is 27.2 Å². The number of halogens is 1. The van der Waals surface area contributed by atoms with Crippen LogP contribution in [0, 0.1) is 10.1 Å². The first-order chi connectivity index (χ1) is 9.10. The maximum atomic E-state index is 10.8. The molecule has 2 rings (SSSR count). The van der Waals surface area contributed by atoms with Gasteiger partial charge in [-0.15, -0.1) is 0 Å². The van der Waals surface area contributed by atoms with E-state index in [4.69, 9.17) is 4.52 Å². The van der Waals surface area contributed by atoms with Crippen molar-refractivity contribution in [1.29, 1.82) is 0 Å². The summed E-state index contributed by atoms with van der Waals surface area (Å²) in [7, 11) is 1.83. The van der Waals surface area contributed by atoms with Crippen molar-refractivity contribution < 1.29 is 9.45 Å². The van der Waals surface area contributed by atoms with E-state index in [1.54, 1.807) is 6.07 Å². The Balaban J connectivity index is 2.30. The summed E-state index contributed by atoms with van der Waals surface area (Å²) < 4.78 is 5.69. The summed E-state index contributed by atoms with van der Waals surface area (Å²) in [4.78, 5) is 14.5. The summed E-state index contributed by atoms with van der Waals surface area (Å²) in [5.41, 5.74) is 0.489. The second-order valence-corrected chi connectivity index (χ2v) is 4.74. The first kappa shape index (κ1) is 13.6. The Morgan fingerprint density at radius 1 is 1.47 bits per heavy atom. The third-order valence-corrected chi connectivity index (χ3v) is 2.86. The van der Waals surface area contributed by atoms with Gasteiger partial charge in [0.15, 0.2) is 5.82 Å². The molecule has 0 bridgehead atoms. The van der Waals surface area contributed by atoms with E-state index in [0.717, 1.165) is 6.54 Å². The molecule has 0 amide bonds. The van der Waals surface area contributed by atoms with Crippen LogP contribution in [0.4, 0.5) is 5.69 Å². The van der Waals surface area contributed by atoms with Gasteiger partial charge >= 0.3 is 0 Å². The lowest BCUT2D eigenvalue weighted by atomic mass is 10.2. The molecule has 0 unspecified atom stereocenters. The first-order valence-corrected chi connectivity index (χ1v) is 6.32. The van der Waals surface area contributed by atoms with Crippen LogP contribution >= 0.6 is 15.9 Å². The predicted molar refractivity (Wildman–Crippen MR) is 71.7 cm³/mol. The van der Waals surface area contributed by atoms with Crippen LogP contribution in [0.25, 0.3) is 11.5 Å². The number of nitrogens with one attached hydrogen (secondary N) is 1. The molecule has 19 heavy (non-hydrogen) atoms. The van der Waals surface area contributed by atoms with Gasteiger partial charge in [-0.25, -0.2) is 0 Å². The number of non-ortho nitro benzene ring substituents is 1. The van der Waals surface area contributed by atoms with Crippen LogP contribution in [-0.4, -0.2) is 28.7 Å². The molecule has 2 aromatic rings. The number of nitro groups is 1. The van der Waals surface area contributed by atoms with Crippen molar-refractivity contribution in [2.24, 2.45) is 0 Å². The number of nitro benzene ring substituents is 1. The summed E-state index contributed by atoms with van der Waals surface area (Å²) >= 11 is 3.22. The van der Waals surface area contributed by atoms with E-state index in [1.807, 2.05) is 7.05 Å². The minimum absolute atomic E-state index is 0.0284. The molecule has 0 saturated carbocycles. The van der Waals surface area contributed by atoms with Gasteiger partial charge in [0.25, 0.3) is 11.6 Å². The summed E-state index contributed by atoms with van der Waals surface area (Å²) in [5.74, 6) is 0.836. The molecule has 0 aliphatic rings. The van der Waals surface area contributed by atoms with E-state index in [2.05, 4.69) is 31.4 Å². The zero-order valence-electron chi connectivity index (χ0n) is 10.1. The number of benzene rings is 1. The van der Waals surface area contributed by atoms with E-state index in [9.17, 15) is 10.1 Å². The van der Waals surface area contributed by atoms with Crippen LogP contribution in [0.5, 0.6) is 0 Å². The van der Waals surface area contributed by atoms with Gasteiger partial charge in [0.05, 0.1) is 4.92 Å². The van der Waals surface area contributed by atoms with Gasteiger partial charge in [-0.05, 0) is 13.1 Å². The Morgan fingerprint density at radius 3 is 2.95 bits per heavy atom. The van der Waals surface area contributed by atoms with E-state index in [1.165, 1.54) is 12.1 Å². The van der Waals surface area contributed by atoms with Gasteiger partial charge in [0.1, 0.15) is 0 Å². The van der Waals surface area contributed by atoms with E-state index in [0.29, 0.717) is 22.3 Å². The van der Waals surface area contributed by atoms with Gasteiger partial charge < -0.3 is 9.84 Å². The highest BCUT2D eigenvalue weighted by Gasteiger charge is 2.14. The van der Waals surface area contributed by atoms with Crippen LogP contribution in [0.3, 0.4) is 0 Å². The normalized spacial score (nSPS) is 10.6. The topological polar surface area (TPSA) is 94.1 Å². The molecule has 8 heteroatoms. The SMILES string of the molecule is CNCCc1noc(-c2cc(Br)cc([N+](=O)[O-])c2)n1. The summed E-state index contributed by atoms with van der Waals surface area (Å²) in [5, 5.41) is 17.6. The fourth-order valence-corrected chi connectivity index (χ4v) is 1.99. The van der Waals surface area contributed by atoms with Crippen molar-refractivity contribution in [3.05, 3.63) is 38.6 Å². The molecule has 0 saturated heterocycles. The highest BCUT2D eigenvalue weighted by atomic mass is 79.9. The first-order valence-electron chi connectivity index (χ1n) is 5.52. The number of likely N-dealkylation sites (N-methyl/N-ethyl adjacent to an activating group) is 1. The number of hydrogen-bond donors (Lipinski definition) is 1. The average molecular weight is 327 g/mol. The van der Waals surface area contributed by atoms with Gasteiger partial charge in [-0.3, -0.25) is 10.1 Å². The van der Waals surface area contributed by atoms with Crippen LogP contribution < -0.4 is 5.32 Å². The fraction of sp³-hybridized carbons (Fsp3) is 0.273. The molecule has 0 spiro atoms. The second-order valence-electron chi connectivity index (χ2n) is 3.82. The molecule has 7 nitrogen and oxygen atoms in total. The Hall–Kier alpha value is -1.80. The molecule has 0 fully saturated rings. The van der Waals surface area contributed by atoms with Gasteiger partial charge in [0.2, 0.25) is 0 Å². The highest BCUT2D eigenvalue weighted by Crippen LogP contribution is 2.27. The zero-order valence-corrected chi connectivity index (χ0v) is 11.7. The Labute approximate surface area is 117 Å². The number of nitrogens with zero attached hydrogens (tertiary/aromatic N) is 3. The van der Waals surface area contributed by atoms with E-state index >= 15 is 0 Å². The van der Waals surface area contributed by atoms with E-state index in [-0.39, 0.29) is 11.6 Å². The number of rotatable bonds is 5. The number of aromatic nitrogens is 2. The third kappa shape index (κ3) is 3.36. The van der Waals surface area contributed by atoms with Crippen LogP contribution in [-0.2, 0) is 6.42 Å². The average Bonchev–Trinajstić information content (AvgIpc) is 2.84. The van der Waals surface area contributed by atoms with E-state index < -0.39 is 4.92 Å². The van der Waals surface area contributed by atoms with Crippen LogP contribution in [0.1, 0.15) is 5.82 Å². The fourth-order valence-electron chi connectivity index (χ4n) is 1.51. The molecular formula is C11H11BrN4O3. The van der Waals surface area contributed by atoms with Crippen molar-refractivity contribution in [3.8, 4) is 11.5 Å². The standard InChI is InChI=1S/C11H11BrN4O3/c1-13-3-2-10-14-11(19-15-10)7-4-8(12)6-9(5-7)16(17)18/h4-6,13H,2-3H2,1H3. The van der Waals surface area contributed by atoms with Crippen LogP contribution in [0.2, 0.25) is 0 Å². The summed E-state index contributed by atoms with van der Waals surface area (Å²) in [6.07, 6.45) is 0.635. The molecular weight excluding hydrogens is 316 g/mol. The van der Waals surface area contributed by atoms with Gasteiger partial charge in [0, 0.05) is 35.1 Å². The largest absolute Gasteiger partial charge is 0.334 e. The lowest BCUT2D eigenvalue weighted by molar-refractivity contribution is -0.384. The van der Waals surface area contributed by atoms with Crippen molar-refractivity contribution >= 4 is 21.6 Å². The highest BCUT2D eigenvalue weighted by molar-refractivity contribution is 9.10. The minimum Gasteiger partial charge on any atom is -0.334 e. The molecule has 1 heterocycles. The smallest absolute Gasteiger partial charge is 0.271 e. The molecule has 1 aromatic heterocycles. The Bertz CT molecular complexity index is 599. The molecule has 1 N–H and O–H groups in total. The molecule has 100 valence electrons. The number of hydrogen-bond acceptors (Lipinski definition) is 6. The van der Waals surface area contributed by atoms with Crippen molar-refractivity contribution in [3.63, 3.8) is 0 Å². The maximum absolute atomic E-state index is 10.8. The maximum Gasteiger partial charge on any atom is 0.271 e. The molecule has 1 aromatic carbocycles. The van der Waals surface area contributed by atoms with Crippen molar-refractivity contribution in [1.82, 2.24) is 15.5 Å². The van der Waals surface area contributed by atoms with Crippen molar-refractivity contribution in [2.75, 3.05) is 13.6 Å². The third-order valence-electron chi connectivity index (χ3n) is 2.41. The molecule has 0 atom stereocenters. The quantitative estimate of drug-likeness (QED) is 0.668. The second kappa shape index (κ2) is 5.89. The lowest BCUT2D eigenvalue weighted by Gasteiger charge is -1.97. The monoisotopic (exact) mass is 326 g/mol. The summed E-state index contributed by atoms with van der Waals surface area (Å²) in [6.45, 7) is 0.734. The van der Waals surface area contributed by atoms with Gasteiger partial charge in [-0.1, -0.05) is 21.1 Å². The Kier molecular flexibility index (Phi) is 4.23. The lowest BCUT2D eigenvalue weighted by Crippen LogP contribution is -2.10. The zero-order chi connectivity index (χ0) is 13.8.